The van der Waals surface area contributed by atoms with Gasteiger partial charge < -0.3 is 9.88 Å². The number of aromatic nitrogens is 1. The Labute approximate surface area is 120 Å². The van der Waals surface area contributed by atoms with Crippen molar-refractivity contribution in [3.05, 3.63) is 35.0 Å². The van der Waals surface area contributed by atoms with Gasteiger partial charge in [-0.05, 0) is 31.0 Å². The highest BCUT2D eigenvalue weighted by Gasteiger charge is 2.32. The Kier molecular flexibility index (Phi) is 3.11. The molecule has 3 heterocycles. The van der Waals surface area contributed by atoms with Crippen LogP contribution < -0.4 is 5.32 Å². The summed E-state index contributed by atoms with van der Waals surface area (Å²) in [5.74, 6) is 0.658. The Hall–Kier alpha value is -0.990. The minimum atomic E-state index is 0. The normalized spacial score (nSPS) is 24.9. The van der Waals surface area contributed by atoms with Crippen molar-refractivity contribution in [2.24, 2.45) is 0 Å². The van der Waals surface area contributed by atoms with Crippen molar-refractivity contribution in [3.63, 3.8) is 0 Å². The summed E-state index contributed by atoms with van der Waals surface area (Å²) in [5, 5.41) is 5.04. The SMILES string of the molecule is CC1c2cccc3c4c(n(c23)C1C)CCNCC4.Cl. The number of rotatable bonds is 0. The number of para-hydroxylation sites is 1. The van der Waals surface area contributed by atoms with E-state index in [0.29, 0.717) is 12.0 Å². The molecule has 2 atom stereocenters. The molecule has 0 spiro atoms. The van der Waals surface area contributed by atoms with Gasteiger partial charge >= 0.3 is 0 Å². The third kappa shape index (κ3) is 1.60. The average Bonchev–Trinajstić information content (AvgIpc) is 2.70. The van der Waals surface area contributed by atoms with E-state index in [9.17, 15) is 0 Å². The zero-order chi connectivity index (χ0) is 12.3. The molecular formula is C16H21ClN2. The molecule has 1 aromatic heterocycles. The number of nitrogens with one attached hydrogen (secondary N) is 1. The van der Waals surface area contributed by atoms with E-state index in [1.807, 2.05) is 0 Å². The van der Waals surface area contributed by atoms with Crippen LogP contribution in [0.1, 0.15) is 42.6 Å². The molecule has 0 saturated carbocycles. The summed E-state index contributed by atoms with van der Waals surface area (Å²) in [5.41, 5.74) is 6.29. The van der Waals surface area contributed by atoms with Gasteiger partial charge in [-0.15, -0.1) is 12.4 Å². The fraction of sp³-hybridized carbons (Fsp3) is 0.500. The van der Waals surface area contributed by atoms with E-state index in [0.717, 1.165) is 13.1 Å². The van der Waals surface area contributed by atoms with Crippen LogP contribution in [0.25, 0.3) is 10.9 Å². The highest BCUT2D eigenvalue weighted by molar-refractivity contribution is 5.90. The fourth-order valence-electron chi connectivity index (χ4n) is 3.91. The zero-order valence-corrected chi connectivity index (χ0v) is 12.4. The van der Waals surface area contributed by atoms with Gasteiger partial charge in [-0.3, -0.25) is 0 Å². The van der Waals surface area contributed by atoms with Crippen LogP contribution in [-0.4, -0.2) is 17.7 Å². The third-order valence-corrected chi connectivity index (χ3v) is 4.98. The van der Waals surface area contributed by atoms with Crippen molar-refractivity contribution in [2.45, 2.75) is 38.6 Å². The summed E-state index contributed by atoms with van der Waals surface area (Å²) in [6, 6.07) is 7.51. The Balaban J connectivity index is 0.00000110. The second-order valence-corrected chi connectivity index (χ2v) is 5.82. The van der Waals surface area contributed by atoms with Crippen LogP contribution in [0.15, 0.2) is 18.2 Å². The van der Waals surface area contributed by atoms with Gasteiger partial charge in [0.2, 0.25) is 0 Å². The van der Waals surface area contributed by atoms with Gasteiger partial charge in [-0.25, -0.2) is 0 Å². The van der Waals surface area contributed by atoms with E-state index >= 15 is 0 Å². The third-order valence-electron chi connectivity index (χ3n) is 4.98. The molecule has 2 aliphatic heterocycles. The lowest BCUT2D eigenvalue weighted by Gasteiger charge is -2.17. The highest BCUT2D eigenvalue weighted by Crippen LogP contribution is 2.45. The highest BCUT2D eigenvalue weighted by atomic mass is 35.5. The molecule has 2 unspecified atom stereocenters. The molecule has 3 heteroatoms. The maximum atomic E-state index is 3.53. The van der Waals surface area contributed by atoms with Gasteiger partial charge in [0, 0.05) is 36.0 Å². The molecule has 0 amide bonds. The zero-order valence-electron chi connectivity index (χ0n) is 11.6. The first-order valence-corrected chi connectivity index (χ1v) is 7.14. The van der Waals surface area contributed by atoms with Gasteiger partial charge in [0.1, 0.15) is 0 Å². The van der Waals surface area contributed by atoms with Crippen molar-refractivity contribution >= 4 is 23.3 Å². The Morgan fingerprint density at radius 2 is 1.95 bits per heavy atom. The topological polar surface area (TPSA) is 17.0 Å². The maximum absolute atomic E-state index is 3.53. The van der Waals surface area contributed by atoms with Crippen LogP contribution in [-0.2, 0) is 12.8 Å². The molecule has 0 fully saturated rings. The lowest BCUT2D eigenvalue weighted by Crippen LogP contribution is -2.17. The predicted octanol–water partition coefficient (Wildman–Crippen LogP) is 3.43. The van der Waals surface area contributed by atoms with Crippen LogP contribution in [0.2, 0.25) is 0 Å². The summed E-state index contributed by atoms with van der Waals surface area (Å²) in [6.45, 7) is 7.00. The largest absolute Gasteiger partial charge is 0.341 e. The van der Waals surface area contributed by atoms with E-state index in [2.05, 4.69) is 41.9 Å². The predicted molar refractivity (Wildman–Crippen MR) is 82.6 cm³/mol. The van der Waals surface area contributed by atoms with Crippen molar-refractivity contribution in [1.29, 1.82) is 0 Å². The molecule has 19 heavy (non-hydrogen) atoms. The molecule has 102 valence electrons. The molecule has 0 saturated heterocycles. The fourth-order valence-corrected chi connectivity index (χ4v) is 3.91. The monoisotopic (exact) mass is 276 g/mol. The van der Waals surface area contributed by atoms with E-state index in [-0.39, 0.29) is 12.4 Å². The molecule has 1 N–H and O–H groups in total. The number of halogens is 1. The van der Waals surface area contributed by atoms with Gasteiger partial charge in [0.05, 0.1) is 5.52 Å². The molecular weight excluding hydrogens is 256 g/mol. The quantitative estimate of drug-likeness (QED) is 0.780. The number of fused-ring (bicyclic) bond motifs is 3. The van der Waals surface area contributed by atoms with Crippen LogP contribution in [0, 0.1) is 0 Å². The standard InChI is InChI=1S/C16H20N2.ClH/c1-10-11(2)18-15-7-9-17-8-6-13(15)14-5-3-4-12(10)16(14)18;/h3-5,10-11,17H,6-9H2,1-2H3;1H. The maximum Gasteiger partial charge on any atom is 0.0524 e. The van der Waals surface area contributed by atoms with Crippen molar-refractivity contribution < 1.29 is 0 Å². The number of hydrogen-bond donors (Lipinski definition) is 1. The Bertz CT molecular complexity index is 629. The first-order chi connectivity index (χ1) is 8.79. The van der Waals surface area contributed by atoms with Gasteiger partial charge in [0.25, 0.3) is 0 Å². The molecule has 2 nitrogen and oxygen atoms in total. The summed E-state index contributed by atoms with van der Waals surface area (Å²) in [6.07, 6.45) is 2.36. The first kappa shape index (κ1) is 13.0. The molecule has 2 aliphatic rings. The van der Waals surface area contributed by atoms with Gasteiger partial charge in [0.15, 0.2) is 0 Å². The molecule has 2 aromatic rings. The average molecular weight is 277 g/mol. The molecule has 0 bridgehead atoms. The first-order valence-electron chi connectivity index (χ1n) is 7.14. The minimum absolute atomic E-state index is 0. The summed E-state index contributed by atoms with van der Waals surface area (Å²) in [7, 11) is 0. The van der Waals surface area contributed by atoms with Crippen molar-refractivity contribution in [1.82, 2.24) is 9.88 Å². The summed E-state index contributed by atoms with van der Waals surface area (Å²) in [4.78, 5) is 0. The molecule has 0 aliphatic carbocycles. The van der Waals surface area contributed by atoms with Crippen LogP contribution >= 0.6 is 12.4 Å². The Morgan fingerprint density at radius 3 is 2.79 bits per heavy atom. The van der Waals surface area contributed by atoms with Crippen LogP contribution in [0.4, 0.5) is 0 Å². The Morgan fingerprint density at radius 1 is 1.16 bits per heavy atom. The second kappa shape index (κ2) is 4.53. The molecule has 1 aromatic carbocycles. The van der Waals surface area contributed by atoms with Crippen molar-refractivity contribution in [2.75, 3.05) is 13.1 Å². The van der Waals surface area contributed by atoms with E-state index in [1.54, 1.807) is 16.8 Å². The summed E-state index contributed by atoms with van der Waals surface area (Å²) < 4.78 is 2.64. The molecule has 0 radical (unpaired) electrons. The van der Waals surface area contributed by atoms with Crippen molar-refractivity contribution in [3.8, 4) is 0 Å². The van der Waals surface area contributed by atoms with E-state index in [1.165, 1.54) is 23.7 Å². The van der Waals surface area contributed by atoms with Gasteiger partial charge in [-0.1, -0.05) is 25.1 Å². The minimum Gasteiger partial charge on any atom is -0.341 e. The van der Waals surface area contributed by atoms with Crippen LogP contribution in [0.5, 0.6) is 0 Å². The van der Waals surface area contributed by atoms with Crippen LogP contribution in [0.3, 0.4) is 0 Å². The number of hydrogen-bond acceptors (Lipinski definition) is 1. The van der Waals surface area contributed by atoms with E-state index in [4.69, 9.17) is 0 Å². The second-order valence-electron chi connectivity index (χ2n) is 5.82. The number of nitrogens with zero attached hydrogens (tertiary/aromatic N) is 1. The number of benzene rings is 1. The molecule has 4 rings (SSSR count). The summed E-state index contributed by atoms with van der Waals surface area (Å²) >= 11 is 0. The van der Waals surface area contributed by atoms with E-state index < -0.39 is 0 Å². The smallest absolute Gasteiger partial charge is 0.0524 e. The lowest BCUT2D eigenvalue weighted by molar-refractivity contribution is 0.498. The van der Waals surface area contributed by atoms with Gasteiger partial charge in [-0.2, -0.15) is 0 Å². The lowest BCUT2D eigenvalue weighted by atomic mass is 9.94.